The van der Waals surface area contributed by atoms with Crippen LogP contribution in [-0.4, -0.2) is 25.8 Å². The van der Waals surface area contributed by atoms with Crippen LogP contribution in [0.1, 0.15) is 84.5 Å². The molecular weight excluding hydrogens is 246 g/mol. The maximum Gasteiger partial charge on any atom is 0.0509 e. The SMILES string of the molecule is CCCCCCCCCCC1COCCC1NCCC. The second-order valence-corrected chi connectivity index (χ2v) is 6.45. The maximum atomic E-state index is 5.67. The van der Waals surface area contributed by atoms with Gasteiger partial charge in [0.2, 0.25) is 0 Å². The standard InChI is InChI=1S/C18H37NO/c1-3-5-6-7-8-9-10-11-12-17-16-20-15-13-18(17)19-14-4-2/h17-19H,3-16H2,1-2H3. The number of rotatable bonds is 12. The highest BCUT2D eigenvalue weighted by Gasteiger charge is 2.24. The quantitative estimate of drug-likeness (QED) is 0.513. The van der Waals surface area contributed by atoms with Crippen molar-refractivity contribution in [2.24, 2.45) is 5.92 Å². The van der Waals surface area contributed by atoms with Crippen LogP contribution in [0.15, 0.2) is 0 Å². The van der Waals surface area contributed by atoms with Gasteiger partial charge < -0.3 is 10.1 Å². The van der Waals surface area contributed by atoms with E-state index in [4.69, 9.17) is 4.74 Å². The van der Waals surface area contributed by atoms with Gasteiger partial charge in [0, 0.05) is 12.6 Å². The normalized spacial score (nSPS) is 23.1. The lowest BCUT2D eigenvalue weighted by Gasteiger charge is -2.32. The van der Waals surface area contributed by atoms with Gasteiger partial charge in [-0.3, -0.25) is 0 Å². The summed E-state index contributed by atoms with van der Waals surface area (Å²) in [6.07, 6.45) is 15.2. The Hall–Kier alpha value is -0.0800. The summed E-state index contributed by atoms with van der Waals surface area (Å²) < 4.78 is 5.67. The van der Waals surface area contributed by atoms with Crippen LogP contribution in [-0.2, 0) is 4.74 Å². The van der Waals surface area contributed by atoms with Crippen LogP contribution in [0.25, 0.3) is 0 Å². The molecule has 2 nitrogen and oxygen atoms in total. The zero-order valence-electron chi connectivity index (χ0n) is 14.0. The summed E-state index contributed by atoms with van der Waals surface area (Å²) in [4.78, 5) is 0. The van der Waals surface area contributed by atoms with Crippen LogP contribution in [0.5, 0.6) is 0 Å². The highest BCUT2D eigenvalue weighted by atomic mass is 16.5. The van der Waals surface area contributed by atoms with Crippen molar-refractivity contribution in [1.29, 1.82) is 0 Å². The van der Waals surface area contributed by atoms with Crippen molar-refractivity contribution in [3.8, 4) is 0 Å². The lowest BCUT2D eigenvalue weighted by molar-refractivity contribution is 0.0278. The minimum Gasteiger partial charge on any atom is -0.381 e. The Morgan fingerprint density at radius 2 is 1.60 bits per heavy atom. The van der Waals surface area contributed by atoms with E-state index in [-0.39, 0.29) is 0 Å². The zero-order valence-corrected chi connectivity index (χ0v) is 14.0. The zero-order chi connectivity index (χ0) is 14.5. The molecule has 1 saturated heterocycles. The summed E-state index contributed by atoms with van der Waals surface area (Å²) in [5.74, 6) is 0.760. The van der Waals surface area contributed by atoms with Gasteiger partial charge in [0.25, 0.3) is 0 Å². The minimum absolute atomic E-state index is 0.716. The van der Waals surface area contributed by atoms with E-state index >= 15 is 0 Å². The summed E-state index contributed by atoms with van der Waals surface area (Å²) >= 11 is 0. The highest BCUT2D eigenvalue weighted by molar-refractivity contribution is 4.79. The predicted octanol–water partition coefficient (Wildman–Crippen LogP) is 4.92. The molecule has 0 bridgehead atoms. The number of hydrogen-bond acceptors (Lipinski definition) is 2. The molecule has 2 unspecified atom stereocenters. The maximum absolute atomic E-state index is 5.67. The fourth-order valence-electron chi connectivity index (χ4n) is 3.22. The van der Waals surface area contributed by atoms with E-state index in [9.17, 15) is 0 Å². The Morgan fingerprint density at radius 3 is 2.30 bits per heavy atom. The Morgan fingerprint density at radius 1 is 0.900 bits per heavy atom. The van der Waals surface area contributed by atoms with E-state index in [0.29, 0.717) is 6.04 Å². The molecule has 2 heteroatoms. The van der Waals surface area contributed by atoms with Crippen LogP contribution >= 0.6 is 0 Å². The van der Waals surface area contributed by atoms with Crippen molar-refractivity contribution in [2.75, 3.05) is 19.8 Å². The van der Waals surface area contributed by atoms with Crippen LogP contribution in [0.4, 0.5) is 0 Å². The van der Waals surface area contributed by atoms with Gasteiger partial charge in [0.15, 0.2) is 0 Å². The van der Waals surface area contributed by atoms with Gasteiger partial charge >= 0.3 is 0 Å². The first-order valence-electron chi connectivity index (χ1n) is 9.19. The van der Waals surface area contributed by atoms with Crippen molar-refractivity contribution in [3.63, 3.8) is 0 Å². The van der Waals surface area contributed by atoms with Gasteiger partial charge in [-0.15, -0.1) is 0 Å². The van der Waals surface area contributed by atoms with Crippen LogP contribution in [0.2, 0.25) is 0 Å². The third-order valence-corrected chi connectivity index (χ3v) is 4.56. The van der Waals surface area contributed by atoms with E-state index in [1.54, 1.807) is 0 Å². The third kappa shape index (κ3) is 8.26. The fraction of sp³-hybridized carbons (Fsp3) is 1.00. The predicted molar refractivity (Wildman–Crippen MR) is 88.2 cm³/mol. The first-order chi connectivity index (χ1) is 9.88. The molecule has 1 heterocycles. The number of nitrogens with one attached hydrogen (secondary N) is 1. The van der Waals surface area contributed by atoms with Crippen LogP contribution in [0.3, 0.4) is 0 Å². The van der Waals surface area contributed by atoms with Crippen molar-refractivity contribution in [1.82, 2.24) is 5.32 Å². The molecule has 0 saturated carbocycles. The summed E-state index contributed by atoms with van der Waals surface area (Å²) in [5, 5.41) is 3.72. The molecule has 1 aliphatic heterocycles. The van der Waals surface area contributed by atoms with Crippen molar-refractivity contribution < 1.29 is 4.74 Å². The lowest BCUT2D eigenvalue weighted by Crippen LogP contribution is -2.43. The molecule has 0 spiro atoms. The molecule has 1 N–H and O–H groups in total. The highest BCUT2D eigenvalue weighted by Crippen LogP contribution is 2.21. The molecule has 2 atom stereocenters. The fourth-order valence-corrected chi connectivity index (χ4v) is 3.22. The van der Waals surface area contributed by atoms with E-state index in [1.807, 2.05) is 0 Å². The van der Waals surface area contributed by atoms with Crippen LogP contribution in [0, 0.1) is 5.92 Å². The molecule has 1 rings (SSSR count). The number of unbranched alkanes of at least 4 members (excludes halogenated alkanes) is 7. The van der Waals surface area contributed by atoms with Gasteiger partial charge in [-0.05, 0) is 31.7 Å². The molecule has 0 aromatic heterocycles. The second kappa shape index (κ2) is 12.6. The molecule has 1 aliphatic rings. The molecule has 1 fully saturated rings. The van der Waals surface area contributed by atoms with Crippen LogP contribution < -0.4 is 5.32 Å². The lowest BCUT2D eigenvalue weighted by atomic mass is 9.90. The van der Waals surface area contributed by atoms with Gasteiger partial charge in [-0.25, -0.2) is 0 Å². The molecule has 0 aromatic carbocycles. The molecule has 0 aliphatic carbocycles. The summed E-state index contributed by atoms with van der Waals surface area (Å²) in [5.41, 5.74) is 0. The summed E-state index contributed by atoms with van der Waals surface area (Å²) in [7, 11) is 0. The third-order valence-electron chi connectivity index (χ3n) is 4.56. The summed E-state index contributed by atoms with van der Waals surface area (Å²) in [6.45, 7) is 7.64. The van der Waals surface area contributed by atoms with Crippen molar-refractivity contribution in [3.05, 3.63) is 0 Å². The van der Waals surface area contributed by atoms with Gasteiger partial charge in [0.05, 0.1) is 6.61 Å². The molecule has 120 valence electrons. The Balaban J connectivity index is 2.00. The smallest absolute Gasteiger partial charge is 0.0509 e. The molecule has 20 heavy (non-hydrogen) atoms. The molecular formula is C18H37NO. The van der Waals surface area contributed by atoms with E-state index in [1.165, 1.54) is 77.2 Å². The van der Waals surface area contributed by atoms with Gasteiger partial charge in [0.1, 0.15) is 0 Å². The Bertz CT molecular complexity index is 208. The summed E-state index contributed by atoms with van der Waals surface area (Å²) in [6, 6.07) is 0.716. The average molecular weight is 284 g/mol. The van der Waals surface area contributed by atoms with Gasteiger partial charge in [-0.2, -0.15) is 0 Å². The first kappa shape index (κ1) is 18.0. The number of hydrogen-bond donors (Lipinski definition) is 1. The van der Waals surface area contributed by atoms with E-state index in [2.05, 4.69) is 19.2 Å². The average Bonchev–Trinajstić information content (AvgIpc) is 2.49. The molecule has 0 aromatic rings. The van der Waals surface area contributed by atoms with Gasteiger partial charge in [-0.1, -0.05) is 65.2 Å². The molecule has 0 amide bonds. The van der Waals surface area contributed by atoms with E-state index < -0.39 is 0 Å². The minimum atomic E-state index is 0.716. The van der Waals surface area contributed by atoms with Crippen molar-refractivity contribution >= 4 is 0 Å². The van der Waals surface area contributed by atoms with Crippen molar-refractivity contribution in [2.45, 2.75) is 90.5 Å². The Labute approximate surface area is 127 Å². The monoisotopic (exact) mass is 283 g/mol. The first-order valence-corrected chi connectivity index (χ1v) is 9.19. The Kier molecular flexibility index (Phi) is 11.4. The number of ether oxygens (including phenoxy) is 1. The topological polar surface area (TPSA) is 21.3 Å². The largest absolute Gasteiger partial charge is 0.381 e. The molecule has 0 radical (unpaired) electrons. The van der Waals surface area contributed by atoms with E-state index in [0.717, 1.165) is 19.1 Å². The second-order valence-electron chi connectivity index (χ2n) is 6.45.